The van der Waals surface area contributed by atoms with Crippen LogP contribution < -0.4 is 0 Å². The normalized spacial score (nSPS) is 28.0. The Bertz CT molecular complexity index is 606. The van der Waals surface area contributed by atoms with Crippen LogP contribution in [0.15, 0.2) is 30.3 Å². The molecule has 25 heavy (non-hydrogen) atoms. The summed E-state index contributed by atoms with van der Waals surface area (Å²) in [6.45, 7) is 4.53. The Morgan fingerprint density at radius 1 is 1.20 bits per heavy atom. The van der Waals surface area contributed by atoms with Crippen molar-refractivity contribution in [2.24, 2.45) is 5.92 Å². The van der Waals surface area contributed by atoms with E-state index in [-0.39, 0.29) is 23.2 Å². The molecule has 5 heteroatoms. The van der Waals surface area contributed by atoms with Crippen molar-refractivity contribution >= 4 is 23.6 Å². The van der Waals surface area contributed by atoms with Gasteiger partial charge in [0.25, 0.3) is 0 Å². The summed E-state index contributed by atoms with van der Waals surface area (Å²) in [7, 11) is 0. The lowest BCUT2D eigenvalue weighted by Gasteiger charge is -2.28. The van der Waals surface area contributed by atoms with Crippen LogP contribution in [0.1, 0.15) is 51.0 Å². The maximum Gasteiger partial charge on any atom is 0.329 e. The lowest BCUT2D eigenvalue weighted by Crippen LogP contribution is -2.47. The summed E-state index contributed by atoms with van der Waals surface area (Å²) < 4.78 is 5.35. The van der Waals surface area contributed by atoms with Crippen LogP contribution in [0.25, 0.3) is 0 Å². The molecule has 0 unspecified atom stereocenters. The second-order valence-corrected chi connectivity index (χ2v) is 8.08. The highest BCUT2D eigenvalue weighted by molar-refractivity contribution is 8.00. The fourth-order valence-electron chi connectivity index (χ4n) is 3.54. The van der Waals surface area contributed by atoms with Crippen LogP contribution in [-0.2, 0) is 14.3 Å². The second kappa shape index (κ2) is 8.26. The van der Waals surface area contributed by atoms with Crippen LogP contribution in [0, 0.1) is 5.92 Å². The molecule has 0 radical (unpaired) electrons. The van der Waals surface area contributed by atoms with Gasteiger partial charge in [-0.3, -0.25) is 4.79 Å². The molecule has 4 atom stereocenters. The topological polar surface area (TPSA) is 46.6 Å². The van der Waals surface area contributed by atoms with Crippen LogP contribution in [0.4, 0.5) is 0 Å². The largest absolute Gasteiger partial charge is 0.464 e. The number of thioether (sulfide) groups is 1. The Hall–Kier alpha value is -1.49. The smallest absolute Gasteiger partial charge is 0.329 e. The van der Waals surface area contributed by atoms with Gasteiger partial charge in [0.2, 0.25) is 5.91 Å². The highest BCUT2D eigenvalue weighted by atomic mass is 32.2. The molecule has 1 aromatic rings. The molecule has 3 rings (SSSR count). The first-order chi connectivity index (χ1) is 12.2. The molecule has 1 aliphatic heterocycles. The number of esters is 1. The van der Waals surface area contributed by atoms with Crippen molar-refractivity contribution in [3.63, 3.8) is 0 Å². The Balaban J connectivity index is 1.71. The van der Waals surface area contributed by atoms with Gasteiger partial charge in [-0.1, -0.05) is 50.6 Å². The van der Waals surface area contributed by atoms with E-state index in [2.05, 4.69) is 19.1 Å². The minimum Gasteiger partial charge on any atom is -0.464 e. The predicted molar refractivity (Wildman–Crippen MR) is 100 cm³/mol. The van der Waals surface area contributed by atoms with E-state index in [1.165, 1.54) is 5.56 Å². The van der Waals surface area contributed by atoms with Gasteiger partial charge < -0.3 is 9.64 Å². The van der Waals surface area contributed by atoms with Gasteiger partial charge in [0.1, 0.15) is 6.04 Å². The molecule has 1 aromatic carbocycles. The van der Waals surface area contributed by atoms with Gasteiger partial charge in [-0.25, -0.2) is 4.79 Å². The first-order valence-corrected chi connectivity index (χ1v) is 10.4. The first-order valence-electron chi connectivity index (χ1n) is 9.32. The molecule has 2 aliphatic rings. The molecule has 1 aliphatic carbocycles. The van der Waals surface area contributed by atoms with E-state index in [9.17, 15) is 9.59 Å². The highest BCUT2D eigenvalue weighted by Gasteiger charge is 2.51. The number of hydrogen-bond acceptors (Lipinski definition) is 4. The zero-order chi connectivity index (χ0) is 17.8. The summed E-state index contributed by atoms with van der Waals surface area (Å²) in [5.74, 6) is 0.867. The van der Waals surface area contributed by atoms with Gasteiger partial charge in [-0.2, -0.15) is 0 Å². The monoisotopic (exact) mass is 361 g/mol. The van der Waals surface area contributed by atoms with Crippen LogP contribution in [0.5, 0.6) is 0 Å². The quantitative estimate of drug-likeness (QED) is 0.693. The molecule has 0 N–H and O–H groups in total. The van der Waals surface area contributed by atoms with Gasteiger partial charge in [0.05, 0.1) is 12.0 Å². The van der Waals surface area contributed by atoms with Gasteiger partial charge in [0, 0.05) is 11.7 Å². The highest BCUT2D eigenvalue weighted by Crippen LogP contribution is 2.50. The van der Waals surface area contributed by atoms with Crippen molar-refractivity contribution in [2.75, 3.05) is 12.4 Å². The maximum atomic E-state index is 13.2. The molecule has 4 nitrogen and oxygen atoms in total. The van der Waals surface area contributed by atoms with Crippen LogP contribution in [0.2, 0.25) is 0 Å². The second-order valence-electron chi connectivity index (χ2n) is 6.86. The molecule has 1 heterocycles. The van der Waals surface area contributed by atoms with E-state index in [0.717, 1.165) is 25.7 Å². The third kappa shape index (κ3) is 4.02. The minimum absolute atomic E-state index is 0.0157. The molecule has 0 aromatic heterocycles. The zero-order valence-corrected chi connectivity index (χ0v) is 15.8. The number of carbonyl (C=O) groups excluding carboxylic acids is 2. The average molecular weight is 362 g/mol. The summed E-state index contributed by atoms with van der Waals surface area (Å²) in [5, 5.41) is 0.105. The average Bonchev–Trinajstić information content (AvgIpc) is 3.33. The molecule has 0 bridgehead atoms. The molecule has 1 saturated carbocycles. The van der Waals surface area contributed by atoms with Crippen molar-refractivity contribution in [1.29, 1.82) is 0 Å². The Morgan fingerprint density at radius 2 is 1.96 bits per heavy atom. The van der Waals surface area contributed by atoms with E-state index in [1.54, 1.807) is 11.8 Å². The number of hydrogen-bond donors (Lipinski definition) is 0. The summed E-state index contributed by atoms with van der Waals surface area (Å²) in [6.07, 6.45) is 3.62. The Morgan fingerprint density at radius 3 is 2.64 bits per heavy atom. The fraction of sp³-hybridized carbons (Fsp3) is 0.600. The number of nitrogens with zero attached hydrogens (tertiary/aromatic N) is 1. The van der Waals surface area contributed by atoms with E-state index >= 15 is 0 Å². The van der Waals surface area contributed by atoms with Gasteiger partial charge in [0.15, 0.2) is 0 Å². The summed E-state index contributed by atoms with van der Waals surface area (Å²) >= 11 is 1.72. The fourth-order valence-corrected chi connectivity index (χ4v) is 5.05. The molecular formula is C20H27NO3S. The number of carbonyl (C=O) groups is 2. The van der Waals surface area contributed by atoms with Crippen molar-refractivity contribution in [1.82, 2.24) is 4.90 Å². The minimum atomic E-state index is -0.419. The van der Waals surface area contributed by atoms with Gasteiger partial charge in [-0.05, 0) is 30.7 Å². The van der Waals surface area contributed by atoms with Crippen molar-refractivity contribution in [3.8, 4) is 0 Å². The SMILES string of the molecule is CCCOC(=O)[C@@H]1CS[C@@H](CCC)N1C(=O)[C@@H]1C[C@H]1c1ccccc1. The Kier molecular flexibility index (Phi) is 6.05. The molecule has 0 spiro atoms. The molecule has 2 fully saturated rings. The van der Waals surface area contributed by atoms with Gasteiger partial charge >= 0.3 is 5.97 Å². The third-order valence-corrected chi connectivity index (χ3v) is 6.29. The molecule has 1 saturated heterocycles. The van der Waals surface area contributed by atoms with E-state index in [4.69, 9.17) is 4.74 Å². The van der Waals surface area contributed by atoms with Crippen LogP contribution in [0.3, 0.4) is 0 Å². The van der Waals surface area contributed by atoms with Gasteiger partial charge in [-0.15, -0.1) is 11.8 Å². The number of rotatable bonds is 7. The van der Waals surface area contributed by atoms with E-state index in [1.807, 2.05) is 30.0 Å². The summed E-state index contributed by atoms with van der Waals surface area (Å²) in [5.41, 5.74) is 1.23. The maximum absolute atomic E-state index is 13.2. The number of ether oxygens (including phenoxy) is 1. The summed E-state index contributed by atoms with van der Waals surface area (Å²) in [6, 6.07) is 9.80. The van der Waals surface area contributed by atoms with Crippen LogP contribution in [-0.4, -0.2) is 40.6 Å². The molecule has 136 valence electrons. The van der Waals surface area contributed by atoms with Crippen molar-refractivity contribution in [2.45, 2.75) is 56.9 Å². The Labute approximate surface area is 154 Å². The number of benzene rings is 1. The van der Waals surface area contributed by atoms with Crippen LogP contribution >= 0.6 is 11.8 Å². The molecule has 1 amide bonds. The molecular weight excluding hydrogens is 334 g/mol. The summed E-state index contributed by atoms with van der Waals surface area (Å²) in [4.78, 5) is 27.5. The lowest BCUT2D eigenvalue weighted by atomic mass is 10.1. The third-order valence-electron chi connectivity index (χ3n) is 4.94. The predicted octanol–water partition coefficient (Wildman–Crippen LogP) is 3.81. The first kappa shape index (κ1) is 18.3. The standard InChI is InChI=1S/C20H27NO3S/c1-3-8-18-21(17(13-25-18)20(23)24-11-4-2)19(22)16-12-15(16)14-9-6-5-7-10-14/h5-7,9-10,15-18H,3-4,8,11-13H2,1-2H3/t15-,16+,17-,18-/m0/s1. The van der Waals surface area contributed by atoms with E-state index < -0.39 is 6.04 Å². The number of amides is 1. The van der Waals surface area contributed by atoms with E-state index in [0.29, 0.717) is 18.3 Å². The lowest BCUT2D eigenvalue weighted by molar-refractivity contribution is -0.154. The van der Waals surface area contributed by atoms with Crippen molar-refractivity contribution < 1.29 is 14.3 Å². The van der Waals surface area contributed by atoms with Crippen molar-refractivity contribution in [3.05, 3.63) is 35.9 Å². The zero-order valence-electron chi connectivity index (χ0n) is 15.0.